The summed E-state index contributed by atoms with van der Waals surface area (Å²) in [4.78, 5) is 36.1. The molecule has 204 valence electrons. The largest absolute Gasteiger partial charge is 0.444 e. The third kappa shape index (κ3) is 5.59. The monoisotopic (exact) mass is 588 g/mol. The quantitative estimate of drug-likeness (QED) is 0.255. The summed E-state index contributed by atoms with van der Waals surface area (Å²) in [6.45, 7) is 0.102. The van der Waals surface area contributed by atoms with Crippen LogP contribution in [-0.2, 0) is 19.4 Å². The molecule has 0 saturated carbocycles. The Morgan fingerprint density at radius 1 is 1.05 bits per heavy atom. The number of rotatable bonds is 6. The molecule has 0 radical (unpaired) electrons. The van der Waals surface area contributed by atoms with Gasteiger partial charge in [0.15, 0.2) is 22.0 Å². The van der Waals surface area contributed by atoms with E-state index in [4.69, 9.17) is 4.42 Å². The SMILES string of the molecule is Cl.O=C(CC1(c2ccc(-c3ccc(-c4cnco4)cc3)s2)CCN(C(=O)c2cccnc2)CCS1(=O)=O)NO. The lowest BCUT2D eigenvalue weighted by Gasteiger charge is -2.30. The molecule has 1 atom stereocenters. The number of oxazole rings is 1. The maximum atomic E-state index is 13.8. The molecule has 3 aromatic heterocycles. The molecule has 1 aliphatic heterocycles. The van der Waals surface area contributed by atoms with Crippen molar-refractivity contribution < 1.29 is 27.6 Å². The van der Waals surface area contributed by atoms with E-state index in [1.165, 1.54) is 28.8 Å². The van der Waals surface area contributed by atoms with Gasteiger partial charge < -0.3 is 9.32 Å². The molecule has 1 aromatic carbocycles. The number of sulfone groups is 1. The van der Waals surface area contributed by atoms with Crippen LogP contribution in [0.15, 0.2) is 77.9 Å². The van der Waals surface area contributed by atoms with E-state index < -0.39 is 26.9 Å². The summed E-state index contributed by atoms with van der Waals surface area (Å²) in [5.74, 6) is -0.828. The molecule has 1 unspecified atom stereocenters. The van der Waals surface area contributed by atoms with Crippen LogP contribution in [0.3, 0.4) is 0 Å². The van der Waals surface area contributed by atoms with Gasteiger partial charge in [-0.25, -0.2) is 18.9 Å². The van der Waals surface area contributed by atoms with Gasteiger partial charge in [-0.2, -0.15) is 0 Å². The molecule has 1 fully saturated rings. The minimum atomic E-state index is -3.92. The van der Waals surface area contributed by atoms with Gasteiger partial charge >= 0.3 is 0 Å². The number of amides is 2. The predicted octanol–water partition coefficient (Wildman–Crippen LogP) is 3.94. The molecule has 0 bridgehead atoms. The number of nitrogens with zero attached hydrogens (tertiary/aromatic N) is 3. The molecule has 13 heteroatoms. The molecule has 2 amide bonds. The first kappa shape index (κ1) is 28.4. The van der Waals surface area contributed by atoms with E-state index in [-0.39, 0.29) is 43.6 Å². The molecule has 1 aliphatic rings. The van der Waals surface area contributed by atoms with Crippen molar-refractivity contribution in [3.63, 3.8) is 0 Å². The first-order valence-corrected chi connectivity index (χ1v) is 14.2. The molecule has 39 heavy (non-hydrogen) atoms. The molecule has 2 N–H and O–H groups in total. The topological polar surface area (TPSA) is 143 Å². The highest BCUT2D eigenvalue weighted by atomic mass is 35.5. The number of hydrogen-bond donors (Lipinski definition) is 2. The third-order valence-corrected chi connectivity index (χ3v) is 10.7. The van der Waals surface area contributed by atoms with E-state index in [0.717, 1.165) is 16.0 Å². The number of thiophene rings is 1. The Labute approximate surface area is 235 Å². The molecule has 0 aliphatic carbocycles. The summed E-state index contributed by atoms with van der Waals surface area (Å²) in [6, 6.07) is 14.4. The normalized spacial score (nSPS) is 18.5. The zero-order chi connectivity index (χ0) is 26.8. The first-order valence-electron chi connectivity index (χ1n) is 11.8. The molecule has 0 spiro atoms. The van der Waals surface area contributed by atoms with Crippen LogP contribution >= 0.6 is 23.7 Å². The Bertz CT molecular complexity index is 1540. The fraction of sp³-hybridized carbons (Fsp3) is 0.231. The van der Waals surface area contributed by atoms with E-state index >= 15 is 0 Å². The number of carbonyl (C=O) groups excluding carboxylic acids is 2. The van der Waals surface area contributed by atoms with Gasteiger partial charge in [0.05, 0.1) is 23.9 Å². The van der Waals surface area contributed by atoms with E-state index in [0.29, 0.717) is 16.2 Å². The number of carbonyl (C=O) groups is 2. The second-order valence-electron chi connectivity index (χ2n) is 8.92. The average molecular weight is 589 g/mol. The summed E-state index contributed by atoms with van der Waals surface area (Å²) in [6.07, 6.45) is 5.50. The lowest BCUT2D eigenvalue weighted by atomic mass is 9.97. The van der Waals surface area contributed by atoms with Crippen molar-refractivity contribution in [2.24, 2.45) is 0 Å². The van der Waals surface area contributed by atoms with Crippen LogP contribution in [-0.4, -0.2) is 59.1 Å². The van der Waals surface area contributed by atoms with Crippen LogP contribution in [0.5, 0.6) is 0 Å². The van der Waals surface area contributed by atoms with Crippen LogP contribution in [0, 0.1) is 0 Å². The number of pyridine rings is 1. The van der Waals surface area contributed by atoms with Crippen molar-refractivity contribution in [1.29, 1.82) is 0 Å². The highest BCUT2D eigenvalue weighted by molar-refractivity contribution is 7.92. The molecule has 5 rings (SSSR count). The predicted molar refractivity (Wildman–Crippen MR) is 147 cm³/mol. The van der Waals surface area contributed by atoms with Crippen LogP contribution in [0.2, 0.25) is 0 Å². The number of halogens is 1. The summed E-state index contributed by atoms with van der Waals surface area (Å²) in [7, 11) is -3.92. The summed E-state index contributed by atoms with van der Waals surface area (Å²) < 4.78 is 31.3. The van der Waals surface area contributed by atoms with E-state index in [1.54, 1.807) is 36.1 Å². The fourth-order valence-corrected chi connectivity index (χ4v) is 8.25. The molecule has 1 saturated heterocycles. The highest BCUT2D eigenvalue weighted by Crippen LogP contribution is 2.45. The van der Waals surface area contributed by atoms with Gasteiger partial charge in [-0.1, -0.05) is 24.3 Å². The summed E-state index contributed by atoms with van der Waals surface area (Å²) in [5, 5.41) is 9.27. The average Bonchev–Trinajstić information content (AvgIpc) is 3.63. The molecule has 4 aromatic rings. The summed E-state index contributed by atoms with van der Waals surface area (Å²) in [5.41, 5.74) is 3.66. The summed E-state index contributed by atoms with van der Waals surface area (Å²) >= 11 is 1.27. The van der Waals surface area contributed by atoms with Crippen LogP contribution in [0.25, 0.3) is 21.8 Å². The van der Waals surface area contributed by atoms with E-state index in [2.05, 4.69) is 9.97 Å². The first-order chi connectivity index (χ1) is 18.3. The van der Waals surface area contributed by atoms with Gasteiger partial charge in [0.25, 0.3) is 5.91 Å². The van der Waals surface area contributed by atoms with E-state index in [1.807, 2.05) is 30.3 Å². The Kier molecular flexibility index (Phi) is 8.50. The lowest BCUT2D eigenvalue weighted by Crippen LogP contribution is -2.41. The lowest BCUT2D eigenvalue weighted by molar-refractivity contribution is -0.129. The highest BCUT2D eigenvalue weighted by Gasteiger charge is 2.50. The van der Waals surface area contributed by atoms with Gasteiger partial charge in [-0.05, 0) is 36.2 Å². The number of nitrogens with one attached hydrogen (secondary N) is 1. The Hall–Kier alpha value is -3.58. The van der Waals surface area contributed by atoms with Crippen molar-refractivity contribution in [2.45, 2.75) is 17.6 Å². The second kappa shape index (κ2) is 11.7. The molecule has 10 nitrogen and oxygen atoms in total. The van der Waals surface area contributed by atoms with Crippen molar-refractivity contribution in [2.75, 3.05) is 18.8 Å². The zero-order valence-corrected chi connectivity index (χ0v) is 23.0. The maximum absolute atomic E-state index is 13.8. The van der Waals surface area contributed by atoms with Gasteiger partial charge in [-0.3, -0.25) is 19.8 Å². The molecular formula is C26H25ClN4O6S2. The standard InChI is InChI=1S/C26H24N4O6S2.ClH/c31-24(29-33)14-26(9-11-30(12-13-38(26,34)35)25(32)20-2-1-10-27-15-20)23-8-7-22(37-23)19-5-3-18(4-6-19)21-16-28-17-36-21;/h1-8,10,15-17,33H,9,11-14H2,(H,29,31);1H. The van der Waals surface area contributed by atoms with Gasteiger partial charge in [-0.15, -0.1) is 23.7 Å². The van der Waals surface area contributed by atoms with Crippen molar-refractivity contribution in [3.8, 4) is 21.8 Å². The smallest absolute Gasteiger partial charge is 0.255 e. The van der Waals surface area contributed by atoms with Crippen LogP contribution in [0.4, 0.5) is 0 Å². The Balaban J connectivity index is 0.00000353. The van der Waals surface area contributed by atoms with Crippen molar-refractivity contribution in [3.05, 3.63) is 84.0 Å². The van der Waals surface area contributed by atoms with Crippen molar-refractivity contribution >= 4 is 45.4 Å². The second-order valence-corrected chi connectivity index (χ2v) is 12.4. The third-order valence-electron chi connectivity index (χ3n) is 6.72. The van der Waals surface area contributed by atoms with Crippen LogP contribution in [0.1, 0.15) is 28.1 Å². The Morgan fingerprint density at radius 3 is 2.49 bits per heavy atom. The van der Waals surface area contributed by atoms with Gasteiger partial charge in [0, 0.05) is 40.8 Å². The number of aromatic nitrogens is 2. The zero-order valence-electron chi connectivity index (χ0n) is 20.5. The fourth-order valence-electron chi connectivity index (χ4n) is 4.64. The minimum absolute atomic E-state index is 0. The van der Waals surface area contributed by atoms with Gasteiger partial charge in [0.2, 0.25) is 5.91 Å². The maximum Gasteiger partial charge on any atom is 0.255 e. The van der Waals surface area contributed by atoms with Crippen molar-refractivity contribution in [1.82, 2.24) is 20.3 Å². The Morgan fingerprint density at radius 2 is 1.82 bits per heavy atom. The van der Waals surface area contributed by atoms with Crippen LogP contribution < -0.4 is 5.48 Å². The number of hydroxylamine groups is 1. The number of benzene rings is 1. The van der Waals surface area contributed by atoms with E-state index in [9.17, 15) is 23.2 Å². The number of hydrogen-bond acceptors (Lipinski definition) is 9. The molecule has 4 heterocycles. The molecular weight excluding hydrogens is 564 g/mol. The van der Waals surface area contributed by atoms with Gasteiger partial charge in [0.1, 0.15) is 4.75 Å². The minimum Gasteiger partial charge on any atom is -0.444 e.